The van der Waals surface area contributed by atoms with Crippen molar-refractivity contribution < 1.29 is 18.0 Å². The van der Waals surface area contributed by atoms with Gasteiger partial charge >= 0.3 is 6.18 Å². The highest BCUT2D eigenvalue weighted by Gasteiger charge is 2.34. The minimum atomic E-state index is -4.53. The molecule has 0 aromatic carbocycles. The van der Waals surface area contributed by atoms with Crippen molar-refractivity contribution in [2.75, 3.05) is 12.3 Å². The van der Waals surface area contributed by atoms with Crippen LogP contribution in [0.3, 0.4) is 0 Å². The zero-order valence-corrected chi connectivity index (χ0v) is 13.9. The van der Waals surface area contributed by atoms with Crippen LogP contribution in [0.2, 0.25) is 0 Å². The molecular weight excluding hydrogens is 327 g/mol. The lowest BCUT2D eigenvalue weighted by Gasteiger charge is -2.07. The second-order valence-corrected chi connectivity index (χ2v) is 6.78. The first-order valence-electron chi connectivity index (χ1n) is 7.16. The number of hydrogen-bond donors (Lipinski definition) is 2. The van der Waals surface area contributed by atoms with E-state index in [9.17, 15) is 18.0 Å². The Hall–Kier alpha value is -1.83. The van der Waals surface area contributed by atoms with E-state index < -0.39 is 11.9 Å². The van der Waals surface area contributed by atoms with Crippen LogP contribution in [0.15, 0.2) is 6.07 Å². The van der Waals surface area contributed by atoms with Gasteiger partial charge in [-0.25, -0.2) is 4.98 Å². The molecular formula is C15H18F3N3OS. The first kappa shape index (κ1) is 17.5. The lowest BCUT2D eigenvalue weighted by molar-refractivity contribution is -0.141. The number of hydrogen-bond acceptors (Lipinski definition) is 4. The number of nitrogens with two attached hydrogens (primary N) is 1. The van der Waals surface area contributed by atoms with Gasteiger partial charge in [-0.3, -0.25) is 4.79 Å². The summed E-state index contributed by atoms with van der Waals surface area (Å²) in [6.45, 7) is 6.09. The number of fused-ring (bicyclic) bond motifs is 1. The van der Waals surface area contributed by atoms with Crippen LogP contribution in [-0.4, -0.2) is 17.4 Å². The van der Waals surface area contributed by atoms with Crippen molar-refractivity contribution >= 4 is 33.1 Å². The van der Waals surface area contributed by atoms with Crippen LogP contribution in [0.5, 0.6) is 0 Å². The van der Waals surface area contributed by atoms with Crippen molar-refractivity contribution in [1.82, 2.24) is 10.3 Å². The monoisotopic (exact) mass is 345 g/mol. The summed E-state index contributed by atoms with van der Waals surface area (Å²) in [6.07, 6.45) is -3.72. The molecule has 4 nitrogen and oxygen atoms in total. The van der Waals surface area contributed by atoms with Gasteiger partial charge < -0.3 is 11.1 Å². The molecule has 0 unspecified atom stereocenters. The van der Waals surface area contributed by atoms with Gasteiger partial charge in [0.2, 0.25) is 0 Å². The van der Waals surface area contributed by atoms with E-state index in [1.165, 1.54) is 6.92 Å². The zero-order valence-electron chi connectivity index (χ0n) is 13.0. The van der Waals surface area contributed by atoms with Crippen LogP contribution in [-0.2, 0) is 6.18 Å². The second kappa shape index (κ2) is 6.35. The van der Waals surface area contributed by atoms with E-state index in [0.717, 1.165) is 23.8 Å². The van der Waals surface area contributed by atoms with Crippen molar-refractivity contribution in [2.24, 2.45) is 5.92 Å². The smallest absolute Gasteiger partial charge is 0.397 e. The van der Waals surface area contributed by atoms with Crippen LogP contribution in [0.25, 0.3) is 10.2 Å². The lowest BCUT2D eigenvalue weighted by Crippen LogP contribution is -2.25. The number of aromatic nitrogens is 1. The van der Waals surface area contributed by atoms with E-state index in [1.807, 2.05) is 13.8 Å². The van der Waals surface area contributed by atoms with Crippen molar-refractivity contribution in [3.05, 3.63) is 22.2 Å². The molecule has 0 saturated carbocycles. The molecule has 0 aliphatic heterocycles. The largest absolute Gasteiger partial charge is 0.433 e. The van der Waals surface area contributed by atoms with Gasteiger partial charge in [-0.05, 0) is 30.9 Å². The number of rotatable bonds is 4. The lowest BCUT2D eigenvalue weighted by atomic mass is 10.1. The first-order valence-corrected chi connectivity index (χ1v) is 7.98. The maximum atomic E-state index is 12.8. The molecule has 23 heavy (non-hydrogen) atoms. The Labute approximate surface area is 135 Å². The normalized spacial score (nSPS) is 12.1. The van der Waals surface area contributed by atoms with Gasteiger partial charge in [0, 0.05) is 11.9 Å². The summed E-state index contributed by atoms with van der Waals surface area (Å²) in [4.78, 5) is 16.1. The number of amides is 1. The van der Waals surface area contributed by atoms with E-state index in [0.29, 0.717) is 23.4 Å². The highest BCUT2D eigenvalue weighted by molar-refractivity contribution is 7.21. The minimum absolute atomic E-state index is 0.129. The summed E-state index contributed by atoms with van der Waals surface area (Å²) in [7, 11) is 0. The summed E-state index contributed by atoms with van der Waals surface area (Å²) in [5.74, 6) is 0.0624. The van der Waals surface area contributed by atoms with E-state index >= 15 is 0 Å². The molecule has 0 aliphatic rings. The van der Waals surface area contributed by atoms with Gasteiger partial charge in [-0.15, -0.1) is 11.3 Å². The van der Waals surface area contributed by atoms with Crippen LogP contribution in [0, 0.1) is 12.8 Å². The number of halogens is 3. The van der Waals surface area contributed by atoms with E-state index in [1.54, 1.807) is 0 Å². The molecule has 0 spiro atoms. The zero-order chi connectivity index (χ0) is 17.4. The molecule has 0 aliphatic carbocycles. The fourth-order valence-corrected chi connectivity index (χ4v) is 3.27. The van der Waals surface area contributed by atoms with E-state index in [-0.39, 0.29) is 21.3 Å². The first-order chi connectivity index (χ1) is 10.6. The third-order valence-electron chi connectivity index (χ3n) is 3.40. The topological polar surface area (TPSA) is 68.0 Å². The summed E-state index contributed by atoms with van der Waals surface area (Å²) in [6, 6.07) is 0.950. The molecule has 2 aromatic heterocycles. The van der Waals surface area contributed by atoms with Crippen molar-refractivity contribution in [3.63, 3.8) is 0 Å². The van der Waals surface area contributed by atoms with Crippen LogP contribution in [0.1, 0.15) is 41.2 Å². The molecule has 0 radical (unpaired) electrons. The average Bonchev–Trinajstić information content (AvgIpc) is 2.75. The predicted molar refractivity (Wildman–Crippen MR) is 85.6 cm³/mol. The number of nitrogens with zero attached hydrogens (tertiary/aromatic N) is 1. The fourth-order valence-electron chi connectivity index (χ4n) is 2.18. The summed E-state index contributed by atoms with van der Waals surface area (Å²) in [5, 5.41) is 3.15. The van der Waals surface area contributed by atoms with Gasteiger partial charge in [-0.2, -0.15) is 13.2 Å². The number of carbonyl (C=O) groups is 1. The molecule has 126 valence electrons. The number of anilines is 1. The number of thiophene rings is 1. The van der Waals surface area contributed by atoms with E-state index in [2.05, 4.69) is 10.3 Å². The molecule has 0 bridgehead atoms. The van der Waals surface area contributed by atoms with Gasteiger partial charge in [-0.1, -0.05) is 13.8 Å². The summed E-state index contributed by atoms with van der Waals surface area (Å²) >= 11 is 0.887. The highest BCUT2D eigenvalue weighted by atomic mass is 32.1. The Morgan fingerprint density at radius 3 is 2.65 bits per heavy atom. The number of alkyl halides is 3. The molecule has 3 N–H and O–H groups in total. The van der Waals surface area contributed by atoms with Crippen LogP contribution < -0.4 is 11.1 Å². The number of aryl methyl sites for hydroxylation is 1. The van der Waals surface area contributed by atoms with Crippen molar-refractivity contribution in [3.8, 4) is 0 Å². The minimum Gasteiger partial charge on any atom is -0.397 e. The number of pyridine rings is 1. The Morgan fingerprint density at radius 2 is 2.09 bits per heavy atom. The predicted octanol–water partition coefficient (Wildman–Crippen LogP) is 3.98. The maximum absolute atomic E-state index is 12.8. The molecule has 2 heterocycles. The van der Waals surface area contributed by atoms with Gasteiger partial charge in [0.05, 0.1) is 5.69 Å². The summed E-state index contributed by atoms with van der Waals surface area (Å²) < 4.78 is 38.5. The Morgan fingerprint density at radius 1 is 1.43 bits per heavy atom. The Bertz CT molecular complexity index is 738. The number of nitrogen functional groups attached to an aromatic ring is 1. The quantitative estimate of drug-likeness (QED) is 0.881. The highest BCUT2D eigenvalue weighted by Crippen LogP contribution is 2.38. The van der Waals surface area contributed by atoms with Crippen molar-refractivity contribution in [1.29, 1.82) is 0 Å². The standard InChI is InChI=1S/C15H18F3N3OS/c1-7(2)4-5-20-13(22)12-11(19)10-8(3)6-9(15(16,17)18)21-14(10)23-12/h6-7H,4-5,19H2,1-3H3,(H,20,22). The maximum Gasteiger partial charge on any atom is 0.433 e. The Kier molecular flexibility index (Phi) is 4.84. The van der Waals surface area contributed by atoms with Crippen molar-refractivity contribution in [2.45, 2.75) is 33.4 Å². The van der Waals surface area contributed by atoms with Crippen LogP contribution >= 0.6 is 11.3 Å². The number of nitrogens with one attached hydrogen (secondary N) is 1. The fraction of sp³-hybridized carbons (Fsp3) is 0.467. The summed E-state index contributed by atoms with van der Waals surface area (Å²) in [5.41, 5.74) is 5.53. The van der Waals surface area contributed by atoms with Gasteiger partial charge in [0.1, 0.15) is 15.4 Å². The molecule has 0 atom stereocenters. The number of carbonyl (C=O) groups excluding carboxylic acids is 1. The molecule has 2 aromatic rings. The molecule has 0 fully saturated rings. The van der Waals surface area contributed by atoms with Gasteiger partial charge in [0.15, 0.2) is 0 Å². The van der Waals surface area contributed by atoms with Gasteiger partial charge in [0.25, 0.3) is 5.91 Å². The SMILES string of the molecule is Cc1cc(C(F)(F)F)nc2sc(C(=O)NCCC(C)C)c(N)c12. The average molecular weight is 345 g/mol. The molecule has 2 rings (SSSR count). The Balaban J connectivity index is 2.38. The molecule has 1 amide bonds. The molecule has 8 heteroatoms. The van der Waals surface area contributed by atoms with E-state index in [4.69, 9.17) is 5.73 Å². The second-order valence-electron chi connectivity index (χ2n) is 5.79. The van der Waals surface area contributed by atoms with Crippen LogP contribution in [0.4, 0.5) is 18.9 Å². The molecule has 0 saturated heterocycles. The third kappa shape index (κ3) is 3.74. The third-order valence-corrected chi connectivity index (χ3v) is 4.50.